The topological polar surface area (TPSA) is 48.7 Å². The zero-order chi connectivity index (χ0) is 19.4. The molecule has 1 aliphatic heterocycles. The first-order valence-electron chi connectivity index (χ1n) is 8.80. The van der Waals surface area contributed by atoms with Gasteiger partial charge in [-0.25, -0.2) is 0 Å². The molecular formula is C19H22F3N3O2. The molecule has 5 nitrogen and oxygen atoms in total. The predicted octanol–water partition coefficient (Wildman–Crippen LogP) is 3.44. The van der Waals surface area contributed by atoms with Crippen LogP contribution in [0.4, 0.5) is 18.9 Å². The van der Waals surface area contributed by atoms with Crippen LogP contribution in [0.1, 0.15) is 18.2 Å². The minimum absolute atomic E-state index is 0.151. The Morgan fingerprint density at radius 2 is 1.93 bits per heavy atom. The molecule has 1 fully saturated rings. The van der Waals surface area contributed by atoms with Crippen LogP contribution in [0.25, 0.3) is 0 Å². The maximum atomic E-state index is 12.8. The Labute approximate surface area is 155 Å². The Bertz CT molecular complexity index is 754. The molecule has 0 saturated carbocycles. The van der Waals surface area contributed by atoms with Crippen molar-refractivity contribution in [2.75, 3.05) is 31.5 Å². The third-order valence-corrected chi connectivity index (χ3v) is 4.75. The number of furan rings is 1. The average Bonchev–Trinajstić information content (AvgIpc) is 3.14. The molecule has 146 valence electrons. The molecule has 27 heavy (non-hydrogen) atoms. The number of hydrogen-bond donors (Lipinski definition) is 1. The molecule has 3 rings (SSSR count). The van der Waals surface area contributed by atoms with E-state index in [1.54, 1.807) is 13.2 Å². The first kappa shape index (κ1) is 19.4. The maximum absolute atomic E-state index is 12.8. The van der Waals surface area contributed by atoms with Gasteiger partial charge < -0.3 is 9.73 Å². The number of nitrogens with zero attached hydrogens (tertiary/aromatic N) is 2. The van der Waals surface area contributed by atoms with Crippen molar-refractivity contribution >= 4 is 11.6 Å². The highest BCUT2D eigenvalue weighted by Crippen LogP contribution is 2.30. The molecule has 2 heterocycles. The Morgan fingerprint density at radius 1 is 1.19 bits per heavy atom. The van der Waals surface area contributed by atoms with Crippen LogP contribution in [0.2, 0.25) is 0 Å². The Morgan fingerprint density at radius 3 is 2.56 bits per heavy atom. The van der Waals surface area contributed by atoms with Crippen molar-refractivity contribution in [1.29, 1.82) is 0 Å². The first-order chi connectivity index (χ1) is 12.8. The van der Waals surface area contributed by atoms with Gasteiger partial charge in [0.15, 0.2) is 0 Å². The minimum atomic E-state index is -4.43. The summed E-state index contributed by atoms with van der Waals surface area (Å²) >= 11 is 0. The second-order valence-corrected chi connectivity index (χ2v) is 6.64. The number of amides is 1. The lowest BCUT2D eigenvalue weighted by atomic mass is 10.1. The number of piperazine rings is 1. The van der Waals surface area contributed by atoms with Crippen molar-refractivity contribution in [2.45, 2.75) is 25.7 Å². The molecule has 1 aromatic heterocycles. The second-order valence-electron chi connectivity index (χ2n) is 6.64. The highest BCUT2D eigenvalue weighted by atomic mass is 19.4. The second kappa shape index (κ2) is 8.14. The Kier molecular flexibility index (Phi) is 5.86. The van der Waals surface area contributed by atoms with Gasteiger partial charge in [-0.15, -0.1) is 0 Å². The number of alkyl halides is 3. The number of benzene rings is 1. The van der Waals surface area contributed by atoms with Gasteiger partial charge in [-0.1, -0.05) is 6.07 Å². The molecule has 8 heteroatoms. The predicted molar refractivity (Wildman–Crippen MR) is 95.1 cm³/mol. The summed E-state index contributed by atoms with van der Waals surface area (Å²) in [7, 11) is 0. The number of carbonyl (C=O) groups excluding carboxylic acids is 1. The summed E-state index contributed by atoms with van der Waals surface area (Å²) in [5.74, 6) is 0.590. The first-order valence-corrected chi connectivity index (χ1v) is 8.80. The van der Waals surface area contributed by atoms with E-state index in [9.17, 15) is 18.0 Å². The van der Waals surface area contributed by atoms with E-state index >= 15 is 0 Å². The molecule has 1 N–H and O–H groups in total. The van der Waals surface area contributed by atoms with Crippen molar-refractivity contribution in [3.8, 4) is 0 Å². The van der Waals surface area contributed by atoms with Crippen LogP contribution >= 0.6 is 0 Å². The van der Waals surface area contributed by atoms with Crippen LogP contribution in [-0.2, 0) is 17.5 Å². The van der Waals surface area contributed by atoms with Gasteiger partial charge in [-0.2, -0.15) is 13.2 Å². The number of halogens is 3. The van der Waals surface area contributed by atoms with Gasteiger partial charge in [-0.05, 0) is 37.3 Å². The number of anilines is 1. The molecule has 1 amide bonds. The fourth-order valence-corrected chi connectivity index (χ4v) is 3.12. The molecule has 2 aromatic rings. The van der Waals surface area contributed by atoms with E-state index in [-0.39, 0.29) is 11.6 Å². The number of nitrogens with one attached hydrogen (secondary N) is 1. The average molecular weight is 381 g/mol. The van der Waals surface area contributed by atoms with Crippen LogP contribution in [0.5, 0.6) is 0 Å². The van der Waals surface area contributed by atoms with E-state index in [2.05, 4.69) is 10.2 Å². The van der Waals surface area contributed by atoms with Crippen LogP contribution in [0, 0.1) is 0 Å². The molecule has 1 aromatic carbocycles. The number of carbonyl (C=O) groups is 1. The molecule has 1 atom stereocenters. The largest absolute Gasteiger partial charge is 0.468 e. The summed E-state index contributed by atoms with van der Waals surface area (Å²) in [4.78, 5) is 16.7. The van der Waals surface area contributed by atoms with Crippen molar-refractivity contribution in [2.24, 2.45) is 0 Å². The molecule has 1 aliphatic rings. The summed E-state index contributed by atoms with van der Waals surface area (Å²) in [6, 6.07) is 8.04. The standard InChI is InChI=1S/C19H22F3N3O2/c1-14(18(26)23-16-5-2-4-15(12-16)19(20,21)22)25-9-7-24(8-10-25)13-17-6-3-11-27-17/h2-6,11-12,14H,7-10,13H2,1H3,(H,23,26). The number of hydrogen-bond acceptors (Lipinski definition) is 4. The van der Waals surface area contributed by atoms with Crippen LogP contribution in [0.3, 0.4) is 0 Å². The van der Waals surface area contributed by atoms with Crippen molar-refractivity contribution in [3.63, 3.8) is 0 Å². The fraction of sp³-hybridized carbons (Fsp3) is 0.421. The lowest BCUT2D eigenvalue weighted by Gasteiger charge is -2.37. The molecular weight excluding hydrogens is 359 g/mol. The van der Waals surface area contributed by atoms with E-state index in [1.807, 2.05) is 17.0 Å². The summed E-state index contributed by atoms with van der Waals surface area (Å²) in [6.07, 6.45) is -2.79. The van der Waals surface area contributed by atoms with Gasteiger partial charge in [0.1, 0.15) is 5.76 Å². The molecule has 0 aliphatic carbocycles. The monoisotopic (exact) mass is 381 g/mol. The van der Waals surface area contributed by atoms with E-state index in [1.165, 1.54) is 12.1 Å². The SMILES string of the molecule is CC(C(=O)Nc1cccc(C(F)(F)F)c1)N1CCN(Cc2ccco2)CC1. The third kappa shape index (κ3) is 5.11. The highest BCUT2D eigenvalue weighted by Gasteiger charge is 2.31. The molecule has 0 bridgehead atoms. The quantitative estimate of drug-likeness (QED) is 0.862. The van der Waals surface area contributed by atoms with Gasteiger partial charge >= 0.3 is 6.18 Å². The molecule has 0 spiro atoms. The van der Waals surface area contributed by atoms with Gasteiger partial charge in [0.2, 0.25) is 5.91 Å². The van der Waals surface area contributed by atoms with E-state index < -0.39 is 17.8 Å². The zero-order valence-electron chi connectivity index (χ0n) is 15.0. The van der Waals surface area contributed by atoms with Crippen LogP contribution in [0.15, 0.2) is 47.1 Å². The van der Waals surface area contributed by atoms with Crippen molar-refractivity contribution in [1.82, 2.24) is 9.80 Å². The maximum Gasteiger partial charge on any atom is 0.416 e. The van der Waals surface area contributed by atoms with Gasteiger partial charge in [0, 0.05) is 31.9 Å². The van der Waals surface area contributed by atoms with Crippen molar-refractivity contribution in [3.05, 3.63) is 54.0 Å². The fourth-order valence-electron chi connectivity index (χ4n) is 3.12. The summed E-state index contributed by atoms with van der Waals surface area (Å²) < 4.78 is 43.7. The van der Waals surface area contributed by atoms with Gasteiger partial charge in [-0.3, -0.25) is 14.6 Å². The van der Waals surface area contributed by atoms with E-state index in [4.69, 9.17) is 4.42 Å². The van der Waals surface area contributed by atoms with E-state index in [0.717, 1.165) is 37.5 Å². The Balaban J connectivity index is 1.52. The summed E-state index contributed by atoms with van der Waals surface area (Å²) in [5, 5.41) is 2.59. The zero-order valence-corrected chi connectivity index (χ0v) is 15.0. The lowest BCUT2D eigenvalue weighted by molar-refractivity contribution is -0.137. The Hall–Kier alpha value is -2.32. The summed E-state index contributed by atoms with van der Waals surface area (Å²) in [6.45, 7) is 5.50. The minimum Gasteiger partial charge on any atom is -0.468 e. The lowest BCUT2D eigenvalue weighted by Crippen LogP contribution is -2.52. The summed E-state index contributed by atoms with van der Waals surface area (Å²) in [5.41, 5.74) is -0.627. The molecule has 1 unspecified atom stereocenters. The van der Waals surface area contributed by atoms with Crippen molar-refractivity contribution < 1.29 is 22.4 Å². The molecule has 0 radical (unpaired) electrons. The van der Waals surface area contributed by atoms with Crippen LogP contribution in [-0.4, -0.2) is 47.9 Å². The van der Waals surface area contributed by atoms with Gasteiger partial charge in [0.05, 0.1) is 24.4 Å². The highest BCUT2D eigenvalue weighted by molar-refractivity contribution is 5.94. The van der Waals surface area contributed by atoms with E-state index in [0.29, 0.717) is 13.1 Å². The smallest absolute Gasteiger partial charge is 0.416 e. The third-order valence-electron chi connectivity index (χ3n) is 4.75. The molecule has 1 saturated heterocycles. The normalized spacial score (nSPS) is 17.6. The van der Waals surface area contributed by atoms with Gasteiger partial charge in [0.25, 0.3) is 0 Å². The van der Waals surface area contributed by atoms with Crippen LogP contribution < -0.4 is 5.32 Å². The number of rotatable bonds is 5.